The molecule has 2 aromatic heterocycles. The fraction of sp³-hybridized carbons (Fsp3) is 0.538. The second-order valence-electron chi connectivity index (χ2n) is 4.94. The number of piperidine rings is 1. The largest absolute Gasteiger partial charge is 0.495 e. The maximum atomic E-state index is 5.20. The van der Waals surface area contributed by atoms with Gasteiger partial charge in [-0.1, -0.05) is 0 Å². The molecule has 0 N–H and O–H groups in total. The molecule has 0 amide bonds. The quantitative estimate of drug-likeness (QED) is 0.806. The number of likely N-dealkylation sites (tertiary alicyclic amines) is 1. The van der Waals surface area contributed by atoms with E-state index in [0.29, 0.717) is 5.92 Å². The second kappa shape index (κ2) is 4.57. The number of methoxy groups -OCH3 is 1. The Balaban J connectivity index is 1.92. The van der Waals surface area contributed by atoms with E-state index in [1.54, 1.807) is 7.11 Å². The zero-order chi connectivity index (χ0) is 12.5. The summed E-state index contributed by atoms with van der Waals surface area (Å²) in [5.74, 6) is 2.21. The van der Waals surface area contributed by atoms with Crippen molar-refractivity contribution in [3.05, 3.63) is 24.2 Å². The first-order valence-corrected chi connectivity index (χ1v) is 6.35. The standard InChI is InChI=1S/C13H18N4O/c1-16-7-3-4-10(8-16)13-14-12-6-5-11(18-2)9-17(12)15-13/h5-6,9-10H,3-4,7-8H2,1-2H3. The summed E-state index contributed by atoms with van der Waals surface area (Å²) in [7, 11) is 3.82. The van der Waals surface area contributed by atoms with Crippen LogP contribution in [-0.2, 0) is 0 Å². The van der Waals surface area contributed by atoms with Gasteiger partial charge in [0.1, 0.15) is 5.75 Å². The molecule has 1 aliphatic heterocycles. The molecular formula is C13H18N4O. The van der Waals surface area contributed by atoms with Crippen LogP contribution >= 0.6 is 0 Å². The molecule has 5 nitrogen and oxygen atoms in total. The highest BCUT2D eigenvalue weighted by molar-refractivity contribution is 5.40. The van der Waals surface area contributed by atoms with Crippen LogP contribution in [0.2, 0.25) is 0 Å². The third-order valence-corrected chi connectivity index (χ3v) is 3.55. The van der Waals surface area contributed by atoms with Gasteiger partial charge in [-0.3, -0.25) is 0 Å². The first-order valence-electron chi connectivity index (χ1n) is 6.35. The third kappa shape index (κ3) is 2.06. The average Bonchev–Trinajstić information content (AvgIpc) is 2.81. The molecule has 5 heteroatoms. The van der Waals surface area contributed by atoms with Gasteiger partial charge in [0.2, 0.25) is 0 Å². The molecule has 1 aliphatic rings. The van der Waals surface area contributed by atoms with Crippen molar-refractivity contribution in [2.75, 3.05) is 27.2 Å². The predicted molar refractivity (Wildman–Crippen MR) is 69.0 cm³/mol. The number of likely N-dealkylation sites (N-methyl/N-ethyl adjacent to an activating group) is 1. The predicted octanol–water partition coefficient (Wildman–Crippen LogP) is 1.55. The van der Waals surface area contributed by atoms with E-state index >= 15 is 0 Å². The normalized spacial score (nSPS) is 21.3. The van der Waals surface area contributed by atoms with Gasteiger partial charge in [0.25, 0.3) is 0 Å². The van der Waals surface area contributed by atoms with Crippen LogP contribution in [0.1, 0.15) is 24.6 Å². The number of nitrogens with zero attached hydrogens (tertiary/aromatic N) is 4. The molecule has 1 saturated heterocycles. The Labute approximate surface area is 106 Å². The van der Waals surface area contributed by atoms with Crippen LogP contribution in [0.15, 0.2) is 18.3 Å². The molecule has 1 unspecified atom stereocenters. The molecule has 18 heavy (non-hydrogen) atoms. The Kier molecular flexibility index (Phi) is 2.91. The number of fused-ring (bicyclic) bond motifs is 1. The van der Waals surface area contributed by atoms with Crippen molar-refractivity contribution in [3.63, 3.8) is 0 Å². The van der Waals surface area contributed by atoms with Crippen LogP contribution in [0.25, 0.3) is 5.65 Å². The van der Waals surface area contributed by atoms with Crippen molar-refractivity contribution in [3.8, 4) is 5.75 Å². The smallest absolute Gasteiger partial charge is 0.156 e. The van der Waals surface area contributed by atoms with E-state index in [4.69, 9.17) is 4.74 Å². The lowest BCUT2D eigenvalue weighted by Crippen LogP contribution is -2.31. The van der Waals surface area contributed by atoms with Crippen molar-refractivity contribution in [1.29, 1.82) is 0 Å². The van der Waals surface area contributed by atoms with Gasteiger partial charge in [0.15, 0.2) is 11.5 Å². The van der Waals surface area contributed by atoms with E-state index in [9.17, 15) is 0 Å². The van der Waals surface area contributed by atoms with Gasteiger partial charge < -0.3 is 9.64 Å². The van der Waals surface area contributed by atoms with Gasteiger partial charge in [-0.05, 0) is 38.6 Å². The van der Waals surface area contributed by atoms with Gasteiger partial charge in [-0.2, -0.15) is 5.10 Å². The maximum absolute atomic E-state index is 5.20. The van der Waals surface area contributed by atoms with Crippen molar-refractivity contribution >= 4 is 5.65 Å². The Hall–Kier alpha value is -1.62. The van der Waals surface area contributed by atoms with Crippen molar-refractivity contribution < 1.29 is 4.74 Å². The first-order chi connectivity index (χ1) is 8.76. The number of aromatic nitrogens is 3. The SMILES string of the molecule is COc1ccc2nc(C3CCCN(C)C3)nn2c1. The van der Waals surface area contributed by atoms with E-state index in [1.165, 1.54) is 19.4 Å². The summed E-state index contributed by atoms with van der Waals surface area (Å²) >= 11 is 0. The number of hydrogen-bond acceptors (Lipinski definition) is 4. The fourth-order valence-electron chi connectivity index (χ4n) is 2.55. The highest BCUT2D eigenvalue weighted by atomic mass is 16.5. The minimum atomic E-state index is 0.453. The molecule has 0 saturated carbocycles. The van der Waals surface area contributed by atoms with Crippen LogP contribution in [0, 0.1) is 0 Å². The lowest BCUT2D eigenvalue weighted by atomic mass is 9.98. The van der Waals surface area contributed by atoms with Crippen LogP contribution in [0.4, 0.5) is 0 Å². The Morgan fingerprint density at radius 3 is 3.06 bits per heavy atom. The lowest BCUT2D eigenvalue weighted by molar-refractivity contribution is 0.246. The Morgan fingerprint density at radius 1 is 1.39 bits per heavy atom. The number of hydrogen-bond donors (Lipinski definition) is 0. The van der Waals surface area contributed by atoms with E-state index in [1.807, 2.05) is 22.8 Å². The minimum absolute atomic E-state index is 0.453. The van der Waals surface area contributed by atoms with E-state index in [2.05, 4.69) is 22.0 Å². The van der Waals surface area contributed by atoms with Crippen LogP contribution in [0.3, 0.4) is 0 Å². The van der Waals surface area contributed by atoms with Crippen LogP contribution in [0.5, 0.6) is 5.75 Å². The van der Waals surface area contributed by atoms with Gasteiger partial charge in [-0.15, -0.1) is 0 Å². The minimum Gasteiger partial charge on any atom is -0.495 e. The molecule has 0 spiro atoms. The van der Waals surface area contributed by atoms with E-state index in [-0.39, 0.29) is 0 Å². The number of rotatable bonds is 2. The Morgan fingerprint density at radius 2 is 2.28 bits per heavy atom. The topological polar surface area (TPSA) is 42.7 Å². The number of ether oxygens (including phenoxy) is 1. The zero-order valence-electron chi connectivity index (χ0n) is 10.8. The van der Waals surface area contributed by atoms with Crippen molar-refractivity contribution in [2.45, 2.75) is 18.8 Å². The zero-order valence-corrected chi connectivity index (χ0v) is 10.8. The lowest BCUT2D eigenvalue weighted by Gasteiger charge is -2.27. The molecule has 1 atom stereocenters. The highest BCUT2D eigenvalue weighted by Gasteiger charge is 2.22. The molecule has 0 bridgehead atoms. The summed E-state index contributed by atoms with van der Waals surface area (Å²) in [4.78, 5) is 6.96. The monoisotopic (exact) mass is 246 g/mol. The van der Waals surface area contributed by atoms with Gasteiger partial charge in [-0.25, -0.2) is 9.50 Å². The van der Waals surface area contributed by atoms with Crippen LogP contribution in [-0.4, -0.2) is 46.7 Å². The second-order valence-corrected chi connectivity index (χ2v) is 4.94. The molecule has 2 aromatic rings. The van der Waals surface area contributed by atoms with Gasteiger partial charge in [0.05, 0.1) is 13.3 Å². The van der Waals surface area contributed by atoms with E-state index < -0.39 is 0 Å². The molecule has 3 rings (SSSR count). The molecule has 96 valence electrons. The summed E-state index contributed by atoms with van der Waals surface area (Å²) in [6.45, 7) is 2.23. The summed E-state index contributed by atoms with van der Waals surface area (Å²) in [6.07, 6.45) is 4.27. The summed E-state index contributed by atoms with van der Waals surface area (Å²) in [6, 6.07) is 3.86. The first kappa shape index (κ1) is 11.5. The Bertz CT molecular complexity index is 551. The van der Waals surface area contributed by atoms with Crippen molar-refractivity contribution in [2.24, 2.45) is 0 Å². The maximum Gasteiger partial charge on any atom is 0.156 e. The summed E-state index contributed by atoms with van der Waals surface area (Å²) in [5, 5.41) is 4.58. The molecule has 1 fully saturated rings. The van der Waals surface area contributed by atoms with Crippen molar-refractivity contribution in [1.82, 2.24) is 19.5 Å². The molecule has 0 aromatic carbocycles. The van der Waals surface area contributed by atoms with Crippen LogP contribution < -0.4 is 4.74 Å². The molecule has 0 radical (unpaired) electrons. The van der Waals surface area contributed by atoms with Gasteiger partial charge >= 0.3 is 0 Å². The average molecular weight is 246 g/mol. The molecule has 3 heterocycles. The fourth-order valence-corrected chi connectivity index (χ4v) is 2.55. The van der Waals surface area contributed by atoms with Gasteiger partial charge in [0, 0.05) is 12.5 Å². The summed E-state index contributed by atoms with van der Waals surface area (Å²) in [5.41, 5.74) is 0.888. The molecule has 0 aliphatic carbocycles. The third-order valence-electron chi connectivity index (χ3n) is 3.55. The number of pyridine rings is 1. The molecular weight excluding hydrogens is 228 g/mol. The van der Waals surface area contributed by atoms with E-state index in [0.717, 1.165) is 23.8 Å². The highest BCUT2D eigenvalue weighted by Crippen LogP contribution is 2.24. The summed E-state index contributed by atoms with van der Waals surface area (Å²) < 4.78 is 7.01.